The number of carbonyl (C=O) groups is 2. The lowest BCUT2D eigenvalue weighted by atomic mass is 10.1. The molecular weight excluding hydrogens is 312 g/mol. The van der Waals surface area contributed by atoms with E-state index in [0.29, 0.717) is 29.4 Å². The van der Waals surface area contributed by atoms with E-state index in [1.165, 1.54) is 0 Å². The Morgan fingerprint density at radius 3 is 2.79 bits per heavy atom. The molecule has 6 nitrogen and oxygen atoms in total. The molecule has 6 heteroatoms. The number of furan rings is 1. The van der Waals surface area contributed by atoms with Gasteiger partial charge in [0.05, 0.1) is 12.2 Å². The average molecular weight is 328 g/mol. The van der Waals surface area contributed by atoms with Crippen LogP contribution in [0, 0.1) is 6.92 Å². The number of esters is 1. The van der Waals surface area contributed by atoms with E-state index in [4.69, 9.17) is 18.6 Å². The van der Waals surface area contributed by atoms with Crippen molar-refractivity contribution in [2.45, 2.75) is 13.8 Å². The third-order valence-corrected chi connectivity index (χ3v) is 3.34. The van der Waals surface area contributed by atoms with Crippen molar-refractivity contribution in [3.63, 3.8) is 0 Å². The fourth-order valence-electron chi connectivity index (χ4n) is 2.26. The summed E-state index contributed by atoms with van der Waals surface area (Å²) in [5.41, 5.74) is 0.438. The predicted octanol–water partition coefficient (Wildman–Crippen LogP) is 3.15. The number of ketones is 1. The molecular formula is C18H16O6. The van der Waals surface area contributed by atoms with Gasteiger partial charge in [0, 0.05) is 12.1 Å². The lowest BCUT2D eigenvalue weighted by molar-refractivity contribution is -0.145. The highest BCUT2D eigenvalue weighted by Gasteiger charge is 2.28. The van der Waals surface area contributed by atoms with Crippen LogP contribution in [0.2, 0.25) is 0 Å². The van der Waals surface area contributed by atoms with Crippen LogP contribution in [0.1, 0.15) is 28.8 Å². The van der Waals surface area contributed by atoms with Crippen LogP contribution in [0.3, 0.4) is 0 Å². The minimum atomic E-state index is -0.455. The first-order valence-electron chi connectivity index (χ1n) is 7.50. The Bertz CT molecular complexity index is 815. The molecule has 0 saturated heterocycles. The highest BCUT2D eigenvalue weighted by atomic mass is 16.6. The van der Waals surface area contributed by atoms with Crippen LogP contribution in [-0.4, -0.2) is 25.0 Å². The largest absolute Gasteiger partial charge is 0.482 e. The fraction of sp³-hybridized carbons (Fsp3) is 0.222. The van der Waals surface area contributed by atoms with Gasteiger partial charge in [-0.15, -0.1) is 0 Å². The van der Waals surface area contributed by atoms with Gasteiger partial charge in [-0.05, 0) is 38.1 Å². The first-order chi connectivity index (χ1) is 11.6. The molecule has 0 fully saturated rings. The summed E-state index contributed by atoms with van der Waals surface area (Å²) in [6.45, 7) is 3.64. The molecule has 3 rings (SSSR count). The fourth-order valence-corrected chi connectivity index (χ4v) is 2.26. The Balaban J connectivity index is 1.74. The molecule has 0 radical (unpaired) electrons. The van der Waals surface area contributed by atoms with Crippen LogP contribution in [0.15, 0.2) is 40.5 Å². The zero-order valence-electron chi connectivity index (χ0n) is 13.3. The van der Waals surface area contributed by atoms with Crippen LogP contribution in [0.25, 0.3) is 6.08 Å². The summed E-state index contributed by atoms with van der Waals surface area (Å²) in [6, 6.07) is 8.35. The monoisotopic (exact) mass is 328 g/mol. The Morgan fingerprint density at radius 1 is 1.25 bits per heavy atom. The molecule has 0 spiro atoms. The molecule has 0 unspecified atom stereocenters. The van der Waals surface area contributed by atoms with Gasteiger partial charge in [-0.25, -0.2) is 4.79 Å². The zero-order chi connectivity index (χ0) is 17.1. The number of Topliss-reactive ketones (excluding diaryl/α,β-unsaturated/α-hetero) is 1. The van der Waals surface area contributed by atoms with Gasteiger partial charge in [-0.1, -0.05) is 0 Å². The third kappa shape index (κ3) is 3.32. The maximum Gasteiger partial charge on any atom is 0.344 e. The molecule has 2 aromatic rings. The number of benzene rings is 1. The first kappa shape index (κ1) is 15.9. The minimum absolute atomic E-state index is 0.182. The molecule has 0 bridgehead atoms. The number of hydrogen-bond donors (Lipinski definition) is 0. The molecule has 0 saturated carbocycles. The van der Waals surface area contributed by atoms with Crippen molar-refractivity contribution in [2.75, 3.05) is 13.2 Å². The van der Waals surface area contributed by atoms with Gasteiger partial charge in [-0.2, -0.15) is 0 Å². The summed E-state index contributed by atoms with van der Waals surface area (Å²) in [6.07, 6.45) is 1.55. The number of allylic oxidation sites excluding steroid dienone is 1. The van der Waals surface area contributed by atoms with E-state index in [2.05, 4.69) is 0 Å². The standard InChI is InChI=1S/C18H16O6/c1-3-21-17(19)10-22-12-6-7-14-15(8-12)24-16(18(14)20)9-13-5-4-11(2)23-13/h4-9H,3,10H2,1-2H3. The number of fused-ring (bicyclic) bond motifs is 1. The number of hydrogen-bond acceptors (Lipinski definition) is 6. The topological polar surface area (TPSA) is 75.0 Å². The van der Waals surface area contributed by atoms with Crippen molar-refractivity contribution in [3.8, 4) is 11.5 Å². The smallest absolute Gasteiger partial charge is 0.344 e. The highest BCUT2D eigenvalue weighted by molar-refractivity contribution is 6.14. The second-order valence-electron chi connectivity index (χ2n) is 5.14. The van der Waals surface area contributed by atoms with Gasteiger partial charge in [0.15, 0.2) is 12.4 Å². The second-order valence-corrected chi connectivity index (χ2v) is 5.14. The maximum atomic E-state index is 12.3. The van der Waals surface area contributed by atoms with Crippen LogP contribution in [0.4, 0.5) is 0 Å². The first-order valence-corrected chi connectivity index (χ1v) is 7.50. The van der Waals surface area contributed by atoms with Crippen molar-refractivity contribution in [3.05, 3.63) is 53.2 Å². The Morgan fingerprint density at radius 2 is 2.08 bits per heavy atom. The molecule has 1 aromatic carbocycles. The molecule has 0 aliphatic carbocycles. The van der Waals surface area contributed by atoms with Gasteiger partial charge in [0.1, 0.15) is 23.0 Å². The minimum Gasteiger partial charge on any atom is -0.482 e. The summed E-state index contributed by atoms with van der Waals surface area (Å²) >= 11 is 0. The highest BCUT2D eigenvalue weighted by Crippen LogP contribution is 2.35. The van der Waals surface area contributed by atoms with Gasteiger partial charge in [0.2, 0.25) is 5.78 Å². The normalized spacial score (nSPS) is 14.4. The second kappa shape index (κ2) is 6.62. The van der Waals surface area contributed by atoms with E-state index in [0.717, 1.165) is 5.76 Å². The third-order valence-electron chi connectivity index (χ3n) is 3.34. The predicted molar refractivity (Wildman–Crippen MR) is 85.0 cm³/mol. The van der Waals surface area contributed by atoms with E-state index < -0.39 is 5.97 Å². The number of rotatable bonds is 5. The molecule has 2 heterocycles. The van der Waals surface area contributed by atoms with E-state index in [-0.39, 0.29) is 18.1 Å². The average Bonchev–Trinajstić information content (AvgIpc) is 3.10. The van der Waals surface area contributed by atoms with E-state index >= 15 is 0 Å². The SMILES string of the molecule is CCOC(=O)COc1ccc2c(c1)OC(=Cc1ccc(C)o1)C2=O. The Labute approximate surface area is 138 Å². The van der Waals surface area contributed by atoms with Crippen LogP contribution >= 0.6 is 0 Å². The van der Waals surface area contributed by atoms with Crippen LogP contribution in [-0.2, 0) is 9.53 Å². The molecule has 0 N–H and O–H groups in total. The summed E-state index contributed by atoms with van der Waals surface area (Å²) in [4.78, 5) is 23.6. The lowest BCUT2D eigenvalue weighted by Gasteiger charge is -2.06. The number of ether oxygens (including phenoxy) is 3. The van der Waals surface area contributed by atoms with Crippen molar-refractivity contribution in [1.82, 2.24) is 0 Å². The van der Waals surface area contributed by atoms with Crippen molar-refractivity contribution < 1.29 is 28.2 Å². The summed E-state index contributed by atoms with van der Waals surface area (Å²) < 4.78 is 21.1. The number of aryl methyl sites for hydroxylation is 1. The van der Waals surface area contributed by atoms with E-state index in [1.807, 2.05) is 6.92 Å². The van der Waals surface area contributed by atoms with Crippen molar-refractivity contribution >= 4 is 17.8 Å². The van der Waals surface area contributed by atoms with Crippen molar-refractivity contribution in [1.29, 1.82) is 0 Å². The molecule has 1 aliphatic heterocycles. The lowest BCUT2D eigenvalue weighted by Crippen LogP contribution is -2.14. The van der Waals surface area contributed by atoms with Gasteiger partial charge in [0.25, 0.3) is 0 Å². The van der Waals surface area contributed by atoms with Crippen LogP contribution in [0.5, 0.6) is 11.5 Å². The maximum absolute atomic E-state index is 12.3. The van der Waals surface area contributed by atoms with E-state index in [1.54, 1.807) is 43.3 Å². The van der Waals surface area contributed by atoms with Crippen LogP contribution < -0.4 is 9.47 Å². The van der Waals surface area contributed by atoms with E-state index in [9.17, 15) is 9.59 Å². The zero-order valence-corrected chi connectivity index (χ0v) is 13.3. The quantitative estimate of drug-likeness (QED) is 0.620. The summed E-state index contributed by atoms with van der Waals surface area (Å²) in [5, 5.41) is 0. The van der Waals surface area contributed by atoms with Gasteiger partial charge < -0.3 is 18.6 Å². The molecule has 1 aromatic heterocycles. The molecule has 1 aliphatic rings. The number of carbonyl (C=O) groups excluding carboxylic acids is 2. The Hall–Kier alpha value is -3.02. The summed E-state index contributed by atoms with van der Waals surface area (Å²) in [7, 11) is 0. The summed E-state index contributed by atoms with van der Waals surface area (Å²) in [5.74, 6) is 1.60. The van der Waals surface area contributed by atoms with Crippen molar-refractivity contribution in [2.24, 2.45) is 0 Å². The molecule has 0 amide bonds. The molecule has 0 atom stereocenters. The van der Waals surface area contributed by atoms with Gasteiger partial charge >= 0.3 is 5.97 Å². The van der Waals surface area contributed by atoms with Gasteiger partial charge in [-0.3, -0.25) is 4.79 Å². The Kier molecular flexibility index (Phi) is 4.37. The molecule has 124 valence electrons. The molecule has 24 heavy (non-hydrogen) atoms.